The first-order chi connectivity index (χ1) is 17.1. The number of ether oxygens (including phenoxy) is 4. The Morgan fingerprint density at radius 2 is 1.37 bits per heavy atom. The number of unbranched alkanes of at least 4 members (excludes halogenated alkanes) is 9. The smallest absolute Gasteiger partial charge is 0.349 e. The molecule has 0 bridgehead atoms. The Morgan fingerprint density at radius 1 is 0.771 bits per heavy atom. The largest absolute Gasteiger partial charge is 0.494 e. The van der Waals surface area contributed by atoms with E-state index in [-0.39, 0.29) is 17.8 Å². The molecule has 0 unspecified atom stereocenters. The van der Waals surface area contributed by atoms with Crippen LogP contribution < -0.4 is 14.2 Å². The number of hydrogen-bond acceptors (Lipinski definition) is 7. The summed E-state index contributed by atoms with van der Waals surface area (Å²) in [6.45, 7) is 2.53. The van der Waals surface area contributed by atoms with E-state index in [2.05, 4.69) is 6.92 Å². The minimum absolute atomic E-state index is 0.0383. The minimum atomic E-state index is -0.796. The highest BCUT2D eigenvalue weighted by Crippen LogP contribution is 2.20. The molecule has 0 heterocycles. The molecule has 7 heteroatoms. The molecule has 0 fully saturated rings. The zero-order valence-corrected chi connectivity index (χ0v) is 20.5. The molecule has 0 radical (unpaired) electrons. The highest BCUT2D eigenvalue weighted by molar-refractivity contribution is 5.94. The second kappa shape index (κ2) is 17.1. The van der Waals surface area contributed by atoms with Crippen molar-refractivity contribution in [1.82, 2.24) is 0 Å². The number of benzene rings is 2. The lowest BCUT2D eigenvalue weighted by Crippen LogP contribution is -2.19. The molecule has 0 saturated carbocycles. The van der Waals surface area contributed by atoms with E-state index in [9.17, 15) is 14.4 Å². The van der Waals surface area contributed by atoms with Crippen LogP contribution in [0, 0.1) is 0 Å². The van der Waals surface area contributed by atoms with Crippen molar-refractivity contribution in [1.29, 1.82) is 0 Å². The molecule has 0 amide bonds. The lowest BCUT2D eigenvalue weighted by atomic mass is 10.1. The molecular weight excluding hydrogens is 448 g/mol. The molecule has 2 rings (SSSR count). The van der Waals surface area contributed by atoms with E-state index in [0.717, 1.165) is 12.8 Å². The van der Waals surface area contributed by atoms with Crippen molar-refractivity contribution >= 4 is 18.4 Å². The number of carbonyl (C=O) groups excluding carboxylic acids is 3. The topological polar surface area (TPSA) is 88.1 Å². The maximum absolute atomic E-state index is 12.1. The van der Waals surface area contributed by atoms with Gasteiger partial charge in [0, 0.05) is 0 Å². The summed E-state index contributed by atoms with van der Waals surface area (Å²) < 4.78 is 20.6. The van der Waals surface area contributed by atoms with E-state index in [1.807, 2.05) is 0 Å². The SMILES string of the molecule is CCCCCCCCCCCCOc1ccc(OC(=O)COC(=O)c2ccccc2OC=O)cc1. The third-order valence-electron chi connectivity index (χ3n) is 5.43. The first-order valence-corrected chi connectivity index (χ1v) is 12.4. The van der Waals surface area contributed by atoms with Gasteiger partial charge < -0.3 is 18.9 Å². The lowest BCUT2D eigenvalue weighted by molar-refractivity contribution is -0.137. The van der Waals surface area contributed by atoms with Crippen LogP contribution in [-0.2, 0) is 14.3 Å². The molecule has 0 spiro atoms. The van der Waals surface area contributed by atoms with Crippen molar-refractivity contribution in [3.8, 4) is 17.2 Å². The summed E-state index contributed by atoms with van der Waals surface area (Å²) >= 11 is 0. The zero-order valence-electron chi connectivity index (χ0n) is 20.5. The van der Waals surface area contributed by atoms with Crippen LogP contribution in [0.2, 0.25) is 0 Å². The molecule has 0 aromatic heterocycles. The molecule has 35 heavy (non-hydrogen) atoms. The number of rotatable bonds is 18. The second-order valence-corrected chi connectivity index (χ2v) is 8.26. The van der Waals surface area contributed by atoms with Gasteiger partial charge in [-0.2, -0.15) is 0 Å². The van der Waals surface area contributed by atoms with Gasteiger partial charge in [0.25, 0.3) is 6.47 Å². The van der Waals surface area contributed by atoms with Crippen LogP contribution in [0.1, 0.15) is 81.5 Å². The minimum Gasteiger partial charge on any atom is -0.494 e. The Kier molecular flexibility index (Phi) is 13.7. The van der Waals surface area contributed by atoms with Crippen molar-refractivity contribution < 1.29 is 33.3 Å². The predicted molar refractivity (Wildman–Crippen MR) is 133 cm³/mol. The van der Waals surface area contributed by atoms with Crippen LogP contribution in [-0.4, -0.2) is 31.6 Å². The molecular formula is C28H36O7. The lowest BCUT2D eigenvalue weighted by Gasteiger charge is -2.09. The van der Waals surface area contributed by atoms with Gasteiger partial charge in [-0.05, 0) is 42.8 Å². The van der Waals surface area contributed by atoms with Gasteiger partial charge in [-0.3, -0.25) is 4.79 Å². The molecule has 190 valence electrons. The van der Waals surface area contributed by atoms with Gasteiger partial charge >= 0.3 is 11.9 Å². The molecule has 0 aliphatic heterocycles. The second-order valence-electron chi connectivity index (χ2n) is 8.26. The summed E-state index contributed by atoms with van der Waals surface area (Å²) in [7, 11) is 0. The molecule has 2 aromatic rings. The average molecular weight is 485 g/mol. The van der Waals surface area contributed by atoms with Crippen molar-refractivity contribution in [3.05, 3.63) is 54.1 Å². The maximum Gasteiger partial charge on any atom is 0.349 e. The van der Waals surface area contributed by atoms with Crippen molar-refractivity contribution in [2.24, 2.45) is 0 Å². The third-order valence-corrected chi connectivity index (χ3v) is 5.43. The zero-order chi connectivity index (χ0) is 25.1. The summed E-state index contributed by atoms with van der Waals surface area (Å²) in [6.07, 6.45) is 12.8. The highest BCUT2D eigenvalue weighted by Gasteiger charge is 2.16. The van der Waals surface area contributed by atoms with Gasteiger partial charge in [0.1, 0.15) is 22.8 Å². The predicted octanol–water partition coefficient (Wildman–Crippen LogP) is 6.28. The quantitative estimate of drug-likeness (QED) is 0.106. The Labute approximate surface area is 207 Å². The van der Waals surface area contributed by atoms with Gasteiger partial charge in [-0.25, -0.2) is 9.59 Å². The summed E-state index contributed by atoms with van der Waals surface area (Å²) in [5, 5.41) is 0. The molecule has 0 aliphatic rings. The van der Waals surface area contributed by atoms with Crippen LogP contribution in [0.25, 0.3) is 0 Å². The van der Waals surface area contributed by atoms with E-state index in [0.29, 0.717) is 18.1 Å². The van der Waals surface area contributed by atoms with Gasteiger partial charge in [0.05, 0.1) is 6.61 Å². The van der Waals surface area contributed by atoms with E-state index in [1.165, 1.54) is 63.5 Å². The van der Waals surface area contributed by atoms with E-state index in [4.69, 9.17) is 18.9 Å². The standard InChI is InChI=1S/C28H36O7/c1-2-3-4-5-6-7-8-9-10-13-20-32-23-16-18-24(19-17-23)35-27(30)21-33-28(31)25-14-11-12-15-26(25)34-22-29/h11-12,14-19,22H,2-10,13,20-21H2,1H3. The van der Waals surface area contributed by atoms with Crippen molar-refractivity contribution in [3.63, 3.8) is 0 Å². The monoisotopic (exact) mass is 484 g/mol. The van der Waals surface area contributed by atoms with Crippen LogP contribution >= 0.6 is 0 Å². The Hall–Kier alpha value is -3.35. The first-order valence-electron chi connectivity index (χ1n) is 12.4. The first kappa shape index (κ1) is 27.9. The van der Waals surface area contributed by atoms with Gasteiger partial charge in [-0.15, -0.1) is 0 Å². The molecule has 0 aliphatic carbocycles. The number of hydrogen-bond donors (Lipinski definition) is 0. The fourth-order valence-corrected chi connectivity index (χ4v) is 3.54. The molecule has 2 aromatic carbocycles. The average Bonchev–Trinajstić information content (AvgIpc) is 2.87. The Morgan fingerprint density at radius 3 is 2.03 bits per heavy atom. The summed E-state index contributed by atoms with van der Waals surface area (Å²) in [6, 6.07) is 12.8. The normalized spacial score (nSPS) is 10.4. The fraction of sp³-hybridized carbons (Fsp3) is 0.464. The van der Waals surface area contributed by atoms with Crippen LogP contribution in [0.15, 0.2) is 48.5 Å². The number of carbonyl (C=O) groups is 3. The highest BCUT2D eigenvalue weighted by atomic mass is 16.6. The fourth-order valence-electron chi connectivity index (χ4n) is 3.54. The van der Waals surface area contributed by atoms with Crippen LogP contribution in [0.5, 0.6) is 17.2 Å². The maximum atomic E-state index is 12.1. The van der Waals surface area contributed by atoms with Gasteiger partial charge in [-0.1, -0.05) is 76.8 Å². The van der Waals surface area contributed by atoms with Gasteiger partial charge in [0.15, 0.2) is 6.61 Å². The molecule has 0 saturated heterocycles. The number of para-hydroxylation sites is 1. The Balaban J connectivity index is 1.59. The van der Waals surface area contributed by atoms with Gasteiger partial charge in [0.2, 0.25) is 0 Å². The van der Waals surface area contributed by atoms with Crippen molar-refractivity contribution in [2.75, 3.05) is 13.2 Å². The summed E-state index contributed by atoms with van der Waals surface area (Å²) in [5.74, 6) is -0.448. The molecule has 0 atom stereocenters. The van der Waals surface area contributed by atoms with E-state index >= 15 is 0 Å². The van der Waals surface area contributed by atoms with E-state index < -0.39 is 18.5 Å². The van der Waals surface area contributed by atoms with Crippen LogP contribution in [0.3, 0.4) is 0 Å². The van der Waals surface area contributed by atoms with E-state index in [1.54, 1.807) is 36.4 Å². The number of esters is 2. The van der Waals surface area contributed by atoms with Crippen LogP contribution in [0.4, 0.5) is 0 Å². The third kappa shape index (κ3) is 11.6. The molecule has 7 nitrogen and oxygen atoms in total. The Bertz CT molecular complexity index is 892. The summed E-state index contributed by atoms with van der Waals surface area (Å²) in [4.78, 5) is 34.7. The molecule has 0 N–H and O–H groups in total. The summed E-state index contributed by atoms with van der Waals surface area (Å²) in [5.41, 5.74) is 0.0383. The van der Waals surface area contributed by atoms with Crippen molar-refractivity contribution in [2.45, 2.75) is 71.1 Å².